The van der Waals surface area contributed by atoms with Gasteiger partial charge in [-0.1, -0.05) is 13.8 Å². The molecule has 0 aromatic heterocycles. The Hall–Kier alpha value is -0.0800. The predicted molar refractivity (Wildman–Crippen MR) is 58.0 cm³/mol. The standard InChI is InChI=1S/C11H24N2/c1-5-13(9(2)3)11-6-7-12-8-10(11)4/h9-12H,5-8H2,1-4H3. The van der Waals surface area contributed by atoms with Gasteiger partial charge in [0.05, 0.1) is 0 Å². The molecule has 1 N–H and O–H groups in total. The maximum Gasteiger partial charge on any atom is 0.0148 e. The summed E-state index contributed by atoms with van der Waals surface area (Å²) in [6.07, 6.45) is 1.31. The first-order valence-electron chi connectivity index (χ1n) is 5.63. The number of hydrogen-bond donors (Lipinski definition) is 1. The number of hydrogen-bond acceptors (Lipinski definition) is 2. The summed E-state index contributed by atoms with van der Waals surface area (Å²) in [5.41, 5.74) is 0. The Morgan fingerprint density at radius 3 is 2.62 bits per heavy atom. The highest BCUT2D eigenvalue weighted by molar-refractivity contribution is 4.84. The van der Waals surface area contributed by atoms with Crippen LogP contribution in [0.25, 0.3) is 0 Å². The Bertz CT molecular complexity index is 145. The molecule has 0 amide bonds. The van der Waals surface area contributed by atoms with Crippen LogP contribution in [0.4, 0.5) is 0 Å². The lowest BCUT2D eigenvalue weighted by Gasteiger charge is -2.40. The quantitative estimate of drug-likeness (QED) is 0.718. The van der Waals surface area contributed by atoms with Crippen molar-refractivity contribution in [2.24, 2.45) is 5.92 Å². The zero-order valence-corrected chi connectivity index (χ0v) is 9.51. The Morgan fingerprint density at radius 1 is 1.46 bits per heavy atom. The molecule has 0 aliphatic carbocycles. The molecule has 1 saturated heterocycles. The molecule has 0 spiro atoms. The van der Waals surface area contributed by atoms with Gasteiger partial charge in [0, 0.05) is 12.1 Å². The van der Waals surface area contributed by atoms with Crippen LogP contribution in [0.3, 0.4) is 0 Å². The summed E-state index contributed by atoms with van der Waals surface area (Å²) in [4.78, 5) is 2.63. The second-order valence-electron chi connectivity index (χ2n) is 4.46. The fraction of sp³-hybridized carbons (Fsp3) is 1.00. The van der Waals surface area contributed by atoms with Crippen molar-refractivity contribution in [1.29, 1.82) is 0 Å². The molecule has 13 heavy (non-hydrogen) atoms. The minimum Gasteiger partial charge on any atom is -0.316 e. The molecule has 0 radical (unpaired) electrons. The van der Waals surface area contributed by atoms with Gasteiger partial charge in [0.25, 0.3) is 0 Å². The summed E-state index contributed by atoms with van der Waals surface area (Å²) in [7, 11) is 0. The van der Waals surface area contributed by atoms with E-state index in [2.05, 4.69) is 37.9 Å². The first kappa shape index (κ1) is 11.0. The topological polar surface area (TPSA) is 15.3 Å². The molecule has 1 heterocycles. The fourth-order valence-corrected chi connectivity index (χ4v) is 2.48. The zero-order chi connectivity index (χ0) is 9.84. The average Bonchev–Trinajstić information content (AvgIpc) is 2.09. The molecule has 1 rings (SSSR count). The van der Waals surface area contributed by atoms with Crippen LogP contribution in [0, 0.1) is 5.92 Å². The van der Waals surface area contributed by atoms with Crippen molar-refractivity contribution in [2.45, 2.75) is 46.2 Å². The van der Waals surface area contributed by atoms with Gasteiger partial charge in [-0.2, -0.15) is 0 Å². The van der Waals surface area contributed by atoms with E-state index in [0.717, 1.165) is 12.0 Å². The Labute approximate surface area is 82.7 Å². The number of nitrogens with one attached hydrogen (secondary N) is 1. The summed E-state index contributed by atoms with van der Waals surface area (Å²) in [6.45, 7) is 12.8. The molecule has 1 aliphatic heterocycles. The van der Waals surface area contributed by atoms with Crippen LogP contribution in [0.1, 0.15) is 34.1 Å². The first-order valence-corrected chi connectivity index (χ1v) is 5.63. The molecule has 0 aromatic carbocycles. The van der Waals surface area contributed by atoms with Gasteiger partial charge >= 0.3 is 0 Å². The van der Waals surface area contributed by atoms with Crippen LogP contribution in [0.5, 0.6) is 0 Å². The van der Waals surface area contributed by atoms with Crippen molar-refractivity contribution in [1.82, 2.24) is 10.2 Å². The van der Waals surface area contributed by atoms with Crippen molar-refractivity contribution in [3.63, 3.8) is 0 Å². The largest absolute Gasteiger partial charge is 0.316 e. The molecular formula is C11H24N2. The second-order valence-corrected chi connectivity index (χ2v) is 4.46. The third kappa shape index (κ3) is 2.68. The van der Waals surface area contributed by atoms with Crippen LogP contribution in [0.2, 0.25) is 0 Å². The summed E-state index contributed by atoms with van der Waals surface area (Å²) in [5, 5.41) is 3.46. The van der Waals surface area contributed by atoms with Gasteiger partial charge in [-0.05, 0) is 45.8 Å². The number of piperidine rings is 1. The van der Waals surface area contributed by atoms with Crippen LogP contribution in [0.15, 0.2) is 0 Å². The van der Waals surface area contributed by atoms with E-state index in [4.69, 9.17) is 0 Å². The molecule has 0 aromatic rings. The summed E-state index contributed by atoms with van der Waals surface area (Å²) >= 11 is 0. The van der Waals surface area contributed by atoms with E-state index in [1.165, 1.54) is 26.1 Å². The third-order valence-electron chi connectivity index (χ3n) is 3.19. The normalized spacial score (nSPS) is 30.0. The van der Waals surface area contributed by atoms with E-state index in [-0.39, 0.29) is 0 Å². The van der Waals surface area contributed by atoms with Gasteiger partial charge in [0.15, 0.2) is 0 Å². The van der Waals surface area contributed by atoms with Gasteiger partial charge in [0.2, 0.25) is 0 Å². The maximum absolute atomic E-state index is 3.46. The summed E-state index contributed by atoms with van der Waals surface area (Å²) in [6, 6.07) is 1.49. The Morgan fingerprint density at radius 2 is 2.15 bits per heavy atom. The molecule has 1 aliphatic rings. The molecule has 2 atom stereocenters. The highest BCUT2D eigenvalue weighted by Crippen LogP contribution is 2.19. The first-order chi connectivity index (χ1) is 6.16. The van der Waals surface area contributed by atoms with Crippen LogP contribution in [-0.4, -0.2) is 36.6 Å². The van der Waals surface area contributed by atoms with Crippen LogP contribution >= 0.6 is 0 Å². The van der Waals surface area contributed by atoms with E-state index in [9.17, 15) is 0 Å². The van der Waals surface area contributed by atoms with E-state index in [1.54, 1.807) is 0 Å². The van der Waals surface area contributed by atoms with Crippen LogP contribution in [-0.2, 0) is 0 Å². The van der Waals surface area contributed by atoms with Crippen molar-refractivity contribution >= 4 is 0 Å². The molecule has 2 nitrogen and oxygen atoms in total. The zero-order valence-electron chi connectivity index (χ0n) is 9.51. The summed E-state index contributed by atoms with van der Waals surface area (Å²) < 4.78 is 0. The van der Waals surface area contributed by atoms with E-state index >= 15 is 0 Å². The molecule has 0 bridgehead atoms. The monoisotopic (exact) mass is 184 g/mol. The SMILES string of the molecule is CCN(C(C)C)C1CCNCC1C. The van der Waals surface area contributed by atoms with Gasteiger partial charge < -0.3 is 5.32 Å². The van der Waals surface area contributed by atoms with Crippen LogP contribution < -0.4 is 5.32 Å². The molecular weight excluding hydrogens is 160 g/mol. The van der Waals surface area contributed by atoms with Gasteiger partial charge in [-0.3, -0.25) is 4.90 Å². The van der Waals surface area contributed by atoms with Gasteiger partial charge in [-0.15, -0.1) is 0 Å². The van der Waals surface area contributed by atoms with E-state index in [1.807, 2.05) is 0 Å². The molecule has 1 fully saturated rings. The second kappa shape index (κ2) is 4.97. The molecule has 2 heteroatoms. The molecule has 2 unspecified atom stereocenters. The van der Waals surface area contributed by atoms with Crippen molar-refractivity contribution in [3.8, 4) is 0 Å². The third-order valence-corrected chi connectivity index (χ3v) is 3.19. The number of nitrogens with zero attached hydrogens (tertiary/aromatic N) is 1. The van der Waals surface area contributed by atoms with E-state index in [0.29, 0.717) is 6.04 Å². The van der Waals surface area contributed by atoms with Crippen molar-refractivity contribution in [2.75, 3.05) is 19.6 Å². The molecule has 78 valence electrons. The highest BCUT2D eigenvalue weighted by atomic mass is 15.2. The lowest BCUT2D eigenvalue weighted by molar-refractivity contribution is 0.0955. The van der Waals surface area contributed by atoms with Gasteiger partial charge in [-0.25, -0.2) is 0 Å². The highest BCUT2D eigenvalue weighted by Gasteiger charge is 2.27. The van der Waals surface area contributed by atoms with E-state index < -0.39 is 0 Å². The lowest BCUT2D eigenvalue weighted by atomic mass is 9.93. The minimum atomic E-state index is 0.690. The Balaban J connectivity index is 2.55. The van der Waals surface area contributed by atoms with Crippen molar-refractivity contribution in [3.05, 3.63) is 0 Å². The Kier molecular flexibility index (Phi) is 4.20. The van der Waals surface area contributed by atoms with Crippen molar-refractivity contribution < 1.29 is 0 Å². The number of rotatable bonds is 3. The van der Waals surface area contributed by atoms with Gasteiger partial charge in [0.1, 0.15) is 0 Å². The molecule has 0 saturated carbocycles. The predicted octanol–water partition coefficient (Wildman–Crippen LogP) is 1.71. The fourth-order valence-electron chi connectivity index (χ4n) is 2.48. The maximum atomic E-state index is 3.46. The average molecular weight is 184 g/mol. The lowest BCUT2D eigenvalue weighted by Crippen LogP contribution is -2.50. The summed E-state index contributed by atoms with van der Waals surface area (Å²) in [5.74, 6) is 0.802. The smallest absolute Gasteiger partial charge is 0.0148 e. The minimum absolute atomic E-state index is 0.690.